The molecule has 1 aromatic heterocycles. The highest BCUT2D eigenvalue weighted by molar-refractivity contribution is 6.17. The number of aromatic nitrogens is 2. The van der Waals surface area contributed by atoms with E-state index in [-0.39, 0.29) is 18.8 Å². The quantitative estimate of drug-likeness (QED) is 0.780. The second kappa shape index (κ2) is 6.21. The molecule has 0 bridgehead atoms. The monoisotopic (exact) mass is 314 g/mol. The summed E-state index contributed by atoms with van der Waals surface area (Å²) in [6.07, 6.45) is 4.07. The lowest BCUT2D eigenvalue weighted by Gasteiger charge is -2.13. The number of anilines is 1. The topological polar surface area (TPSA) is 87.5 Å². The van der Waals surface area contributed by atoms with Crippen LogP contribution in [0.3, 0.4) is 0 Å². The van der Waals surface area contributed by atoms with Crippen LogP contribution in [-0.4, -0.2) is 44.5 Å². The number of amides is 2. The first-order chi connectivity index (χ1) is 11.1. The summed E-state index contributed by atoms with van der Waals surface area (Å²) < 4.78 is 2.08. The lowest BCUT2D eigenvalue weighted by molar-refractivity contribution is -0.137. The number of β-amino-alcohol motifs (C(OH)–C–C–N with tert-alkyl or cyclic N) is 1. The van der Waals surface area contributed by atoms with Gasteiger partial charge in [-0.2, -0.15) is 0 Å². The van der Waals surface area contributed by atoms with Gasteiger partial charge in [0.15, 0.2) is 0 Å². The van der Waals surface area contributed by atoms with Crippen LogP contribution in [0.2, 0.25) is 0 Å². The van der Waals surface area contributed by atoms with E-state index in [9.17, 15) is 9.59 Å². The van der Waals surface area contributed by atoms with Crippen molar-refractivity contribution in [1.29, 1.82) is 0 Å². The molecule has 0 saturated heterocycles. The third-order valence-corrected chi connectivity index (χ3v) is 3.70. The molecule has 23 heavy (non-hydrogen) atoms. The van der Waals surface area contributed by atoms with Crippen molar-refractivity contribution in [3.05, 3.63) is 36.3 Å². The average molecular weight is 314 g/mol. The molecular formula is C16H18N4O3. The summed E-state index contributed by atoms with van der Waals surface area (Å²) in [6, 6.07) is 5.63. The maximum atomic E-state index is 12.1. The van der Waals surface area contributed by atoms with Gasteiger partial charge in [0.25, 0.3) is 11.8 Å². The first-order valence-corrected chi connectivity index (χ1v) is 7.54. The van der Waals surface area contributed by atoms with E-state index in [2.05, 4.69) is 21.8 Å². The first kappa shape index (κ1) is 15.2. The van der Waals surface area contributed by atoms with Crippen LogP contribution in [0.4, 0.5) is 5.69 Å². The fraction of sp³-hybridized carbons (Fsp3) is 0.312. The summed E-state index contributed by atoms with van der Waals surface area (Å²) >= 11 is 0. The number of hydrogen-bond acceptors (Lipinski definition) is 5. The molecule has 0 unspecified atom stereocenters. The van der Waals surface area contributed by atoms with Gasteiger partial charge in [0.2, 0.25) is 0 Å². The van der Waals surface area contributed by atoms with E-state index in [0.29, 0.717) is 5.69 Å². The highest BCUT2D eigenvalue weighted by atomic mass is 16.3. The van der Waals surface area contributed by atoms with Gasteiger partial charge in [-0.1, -0.05) is 6.92 Å². The number of aryl methyl sites for hydroxylation is 1. The second-order valence-corrected chi connectivity index (χ2v) is 5.34. The molecule has 0 saturated carbocycles. The van der Waals surface area contributed by atoms with Crippen LogP contribution in [0, 0.1) is 0 Å². The Morgan fingerprint density at radius 1 is 1.26 bits per heavy atom. The summed E-state index contributed by atoms with van der Waals surface area (Å²) in [4.78, 5) is 29.2. The fourth-order valence-electron chi connectivity index (χ4n) is 2.63. The number of hydrogen-bond donors (Lipinski definition) is 2. The summed E-state index contributed by atoms with van der Waals surface area (Å²) in [6.45, 7) is 2.76. The Morgan fingerprint density at radius 3 is 2.83 bits per heavy atom. The van der Waals surface area contributed by atoms with Crippen molar-refractivity contribution in [2.24, 2.45) is 0 Å². The van der Waals surface area contributed by atoms with Gasteiger partial charge in [0, 0.05) is 18.3 Å². The van der Waals surface area contributed by atoms with Gasteiger partial charge >= 0.3 is 0 Å². The zero-order valence-corrected chi connectivity index (χ0v) is 12.8. The van der Waals surface area contributed by atoms with Crippen LogP contribution in [0.25, 0.3) is 11.0 Å². The molecule has 0 aliphatic carbocycles. The third kappa shape index (κ3) is 2.83. The molecule has 2 aromatic rings. The van der Waals surface area contributed by atoms with Crippen LogP contribution in [0.15, 0.2) is 36.3 Å². The van der Waals surface area contributed by atoms with E-state index in [1.165, 1.54) is 6.08 Å². The van der Waals surface area contributed by atoms with Gasteiger partial charge < -0.3 is 15.0 Å². The number of nitrogens with zero attached hydrogens (tertiary/aromatic N) is 3. The summed E-state index contributed by atoms with van der Waals surface area (Å²) in [5, 5.41) is 11.9. The summed E-state index contributed by atoms with van der Waals surface area (Å²) in [5.74, 6) is -0.847. The van der Waals surface area contributed by atoms with Crippen LogP contribution in [-0.2, 0) is 16.1 Å². The van der Waals surface area contributed by atoms with Crippen molar-refractivity contribution in [2.45, 2.75) is 19.9 Å². The summed E-state index contributed by atoms with van der Waals surface area (Å²) in [5.41, 5.74) is 2.75. The number of imide groups is 1. The molecule has 0 atom stereocenters. The fourth-order valence-corrected chi connectivity index (χ4v) is 2.63. The Bertz CT molecular complexity index is 794. The maximum absolute atomic E-state index is 12.1. The van der Waals surface area contributed by atoms with Crippen molar-refractivity contribution < 1.29 is 14.7 Å². The number of rotatable bonds is 6. The zero-order valence-electron chi connectivity index (χ0n) is 12.8. The van der Waals surface area contributed by atoms with E-state index in [0.717, 1.165) is 28.9 Å². The van der Waals surface area contributed by atoms with Gasteiger partial charge in [-0.05, 0) is 24.6 Å². The van der Waals surface area contributed by atoms with Crippen LogP contribution < -0.4 is 5.32 Å². The molecule has 0 spiro atoms. The smallest absolute Gasteiger partial charge is 0.277 e. The van der Waals surface area contributed by atoms with Crippen molar-refractivity contribution >= 4 is 28.5 Å². The normalized spacial score (nSPS) is 14.7. The van der Waals surface area contributed by atoms with Crippen molar-refractivity contribution in [1.82, 2.24) is 14.5 Å². The van der Waals surface area contributed by atoms with Gasteiger partial charge in [0.05, 0.1) is 30.5 Å². The number of carbonyl (C=O) groups is 2. The Hall–Kier alpha value is -2.67. The lowest BCUT2D eigenvalue weighted by Crippen LogP contribution is -2.34. The minimum absolute atomic E-state index is 0.000193. The molecule has 1 aromatic carbocycles. The molecule has 2 amide bonds. The van der Waals surface area contributed by atoms with E-state index >= 15 is 0 Å². The van der Waals surface area contributed by atoms with Crippen LogP contribution in [0.5, 0.6) is 0 Å². The number of imidazole rings is 1. The van der Waals surface area contributed by atoms with Crippen LogP contribution in [0.1, 0.15) is 13.3 Å². The zero-order chi connectivity index (χ0) is 16.4. The lowest BCUT2D eigenvalue weighted by atomic mass is 10.2. The number of benzene rings is 1. The molecule has 1 aliphatic heterocycles. The Morgan fingerprint density at radius 2 is 2.09 bits per heavy atom. The highest BCUT2D eigenvalue weighted by Gasteiger charge is 2.30. The predicted molar refractivity (Wildman–Crippen MR) is 85.5 cm³/mol. The predicted octanol–water partition coefficient (Wildman–Crippen LogP) is 1.10. The molecule has 2 heterocycles. The van der Waals surface area contributed by atoms with Gasteiger partial charge in [-0.25, -0.2) is 4.98 Å². The van der Waals surface area contributed by atoms with Crippen LogP contribution >= 0.6 is 0 Å². The van der Waals surface area contributed by atoms with Gasteiger partial charge in [-0.3, -0.25) is 14.5 Å². The highest BCUT2D eigenvalue weighted by Crippen LogP contribution is 2.21. The molecular weight excluding hydrogens is 296 g/mol. The largest absolute Gasteiger partial charge is 0.395 e. The number of carbonyl (C=O) groups excluding carboxylic acids is 2. The number of fused-ring (bicyclic) bond motifs is 1. The minimum atomic E-state index is -0.430. The molecule has 2 N–H and O–H groups in total. The molecule has 3 rings (SSSR count). The van der Waals surface area contributed by atoms with Crippen molar-refractivity contribution in [3.63, 3.8) is 0 Å². The SMILES string of the molecule is CCCn1cnc2cc(NC3=CC(=O)N(CCO)C3=O)ccc21. The minimum Gasteiger partial charge on any atom is -0.395 e. The van der Waals surface area contributed by atoms with E-state index in [1.807, 2.05) is 18.2 Å². The molecule has 0 fully saturated rings. The number of nitrogens with one attached hydrogen (secondary N) is 1. The molecule has 1 aliphatic rings. The third-order valence-electron chi connectivity index (χ3n) is 3.70. The van der Waals surface area contributed by atoms with Crippen molar-refractivity contribution in [2.75, 3.05) is 18.5 Å². The Labute approximate surface area is 133 Å². The molecule has 7 heteroatoms. The Balaban J connectivity index is 1.81. The maximum Gasteiger partial charge on any atom is 0.277 e. The number of aliphatic hydroxyl groups excluding tert-OH is 1. The summed E-state index contributed by atoms with van der Waals surface area (Å²) in [7, 11) is 0. The van der Waals surface area contributed by atoms with E-state index < -0.39 is 11.8 Å². The van der Waals surface area contributed by atoms with Gasteiger partial charge in [-0.15, -0.1) is 0 Å². The average Bonchev–Trinajstić information content (AvgIpc) is 3.04. The van der Waals surface area contributed by atoms with Crippen molar-refractivity contribution in [3.8, 4) is 0 Å². The van der Waals surface area contributed by atoms with E-state index in [1.54, 1.807) is 6.33 Å². The number of aliphatic hydroxyl groups is 1. The molecule has 0 radical (unpaired) electrons. The molecule has 120 valence electrons. The van der Waals surface area contributed by atoms with E-state index in [4.69, 9.17) is 5.11 Å². The molecule has 7 nitrogen and oxygen atoms in total. The standard InChI is InChI=1S/C16H18N4O3/c1-2-5-19-10-17-12-8-11(3-4-14(12)19)18-13-9-15(22)20(6-7-21)16(13)23/h3-4,8-10,18,21H,2,5-7H2,1H3. The first-order valence-electron chi connectivity index (χ1n) is 7.54. The second-order valence-electron chi connectivity index (χ2n) is 5.34. The Kier molecular flexibility index (Phi) is 4.12. The van der Waals surface area contributed by atoms with Gasteiger partial charge in [0.1, 0.15) is 5.70 Å².